The van der Waals surface area contributed by atoms with Crippen molar-refractivity contribution in [2.45, 2.75) is 19.4 Å². The molecule has 0 saturated heterocycles. The van der Waals surface area contributed by atoms with Crippen molar-refractivity contribution in [1.29, 1.82) is 0 Å². The van der Waals surface area contributed by atoms with E-state index in [1.165, 1.54) is 11.3 Å². The Bertz CT molecular complexity index is 999. The first-order valence-electron chi connectivity index (χ1n) is 8.79. The van der Waals surface area contributed by atoms with Gasteiger partial charge in [0.2, 0.25) is 5.88 Å². The van der Waals surface area contributed by atoms with Crippen LogP contribution in [0.25, 0.3) is 10.6 Å². The lowest BCUT2D eigenvalue weighted by molar-refractivity contribution is 0.0777. The standard InChI is InChI=1S/C19H20BrN5O3S/c1-4-28-16-10-21-8-13(24-16)14-9-23-18(29-14)17(26)25-19(2,11-27-3)15-7-12(20)5-6-22-15/h5-10H,4,11H2,1-3H3,(H,25,26). The summed E-state index contributed by atoms with van der Waals surface area (Å²) in [5.74, 6) is 0.106. The van der Waals surface area contributed by atoms with E-state index >= 15 is 0 Å². The van der Waals surface area contributed by atoms with Crippen LogP contribution in [0.15, 0.2) is 41.4 Å². The molecule has 152 valence electrons. The Morgan fingerprint density at radius 3 is 2.86 bits per heavy atom. The van der Waals surface area contributed by atoms with E-state index in [0.717, 1.165) is 9.35 Å². The molecule has 0 aliphatic heterocycles. The van der Waals surface area contributed by atoms with Crippen LogP contribution in [0.1, 0.15) is 29.3 Å². The van der Waals surface area contributed by atoms with Gasteiger partial charge in [-0.3, -0.25) is 14.8 Å². The second-order valence-electron chi connectivity index (χ2n) is 6.28. The van der Waals surface area contributed by atoms with Crippen LogP contribution in [0, 0.1) is 0 Å². The molecular weight excluding hydrogens is 458 g/mol. The van der Waals surface area contributed by atoms with Gasteiger partial charge in [0, 0.05) is 24.0 Å². The third-order valence-corrected chi connectivity index (χ3v) is 5.48. The summed E-state index contributed by atoms with van der Waals surface area (Å²) in [5.41, 5.74) is 0.450. The third-order valence-electron chi connectivity index (χ3n) is 3.97. The number of methoxy groups -OCH3 is 1. The predicted octanol–water partition coefficient (Wildman–Crippen LogP) is 3.45. The molecule has 0 saturated carbocycles. The maximum Gasteiger partial charge on any atom is 0.281 e. The molecule has 1 amide bonds. The highest BCUT2D eigenvalue weighted by atomic mass is 79.9. The van der Waals surface area contributed by atoms with Crippen molar-refractivity contribution in [3.05, 3.63) is 52.1 Å². The lowest BCUT2D eigenvalue weighted by atomic mass is 9.98. The summed E-state index contributed by atoms with van der Waals surface area (Å²) >= 11 is 4.66. The number of amides is 1. The summed E-state index contributed by atoms with van der Waals surface area (Å²) in [6, 6.07) is 3.67. The Morgan fingerprint density at radius 2 is 2.14 bits per heavy atom. The Kier molecular flexibility index (Phi) is 6.88. The highest BCUT2D eigenvalue weighted by Crippen LogP contribution is 2.27. The van der Waals surface area contributed by atoms with Crippen molar-refractivity contribution < 1.29 is 14.3 Å². The lowest BCUT2D eigenvalue weighted by Crippen LogP contribution is -2.47. The highest BCUT2D eigenvalue weighted by molar-refractivity contribution is 9.10. The highest BCUT2D eigenvalue weighted by Gasteiger charge is 2.32. The molecule has 3 aromatic rings. The fourth-order valence-corrected chi connectivity index (χ4v) is 3.76. The quantitative estimate of drug-likeness (QED) is 0.530. The molecule has 0 aromatic carbocycles. The van der Waals surface area contributed by atoms with E-state index in [9.17, 15) is 4.79 Å². The number of carbonyl (C=O) groups excluding carboxylic acids is 1. The molecule has 10 heteroatoms. The van der Waals surface area contributed by atoms with Gasteiger partial charge >= 0.3 is 0 Å². The van der Waals surface area contributed by atoms with Crippen LogP contribution in [0.2, 0.25) is 0 Å². The number of aromatic nitrogens is 4. The molecule has 3 heterocycles. The average molecular weight is 478 g/mol. The van der Waals surface area contributed by atoms with Crippen molar-refractivity contribution in [1.82, 2.24) is 25.3 Å². The van der Waals surface area contributed by atoms with E-state index in [4.69, 9.17) is 9.47 Å². The first-order valence-corrected chi connectivity index (χ1v) is 10.4. The van der Waals surface area contributed by atoms with Gasteiger partial charge in [0.1, 0.15) is 11.2 Å². The molecule has 0 radical (unpaired) electrons. The number of thiazole rings is 1. The topological polar surface area (TPSA) is 99.1 Å². The fraction of sp³-hybridized carbons (Fsp3) is 0.316. The largest absolute Gasteiger partial charge is 0.477 e. The average Bonchev–Trinajstić information content (AvgIpc) is 3.19. The molecule has 0 fully saturated rings. The molecule has 8 nitrogen and oxygen atoms in total. The van der Waals surface area contributed by atoms with E-state index in [1.54, 1.807) is 31.9 Å². The molecule has 1 N–H and O–H groups in total. The number of nitrogens with zero attached hydrogens (tertiary/aromatic N) is 4. The van der Waals surface area contributed by atoms with Gasteiger partial charge in [0.05, 0.1) is 36.2 Å². The van der Waals surface area contributed by atoms with E-state index in [0.29, 0.717) is 28.9 Å². The Morgan fingerprint density at radius 1 is 1.31 bits per heavy atom. The minimum Gasteiger partial charge on any atom is -0.477 e. The van der Waals surface area contributed by atoms with Gasteiger partial charge in [0.15, 0.2) is 5.01 Å². The Balaban J connectivity index is 1.82. The van der Waals surface area contributed by atoms with Gasteiger partial charge < -0.3 is 14.8 Å². The van der Waals surface area contributed by atoms with E-state index < -0.39 is 5.54 Å². The number of halogens is 1. The summed E-state index contributed by atoms with van der Waals surface area (Å²) in [4.78, 5) is 30.8. The van der Waals surface area contributed by atoms with E-state index in [2.05, 4.69) is 41.2 Å². The van der Waals surface area contributed by atoms with Gasteiger partial charge in [-0.1, -0.05) is 15.9 Å². The zero-order valence-electron chi connectivity index (χ0n) is 16.2. The van der Waals surface area contributed by atoms with Crippen molar-refractivity contribution >= 4 is 33.2 Å². The number of carbonyl (C=O) groups is 1. The van der Waals surface area contributed by atoms with E-state index in [1.807, 2.05) is 26.0 Å². The van der Waals surface area contributed by atoms with Crippen LogP contribution in [-0.2, 0) is 10.3 Å². The molecule has 1 unspecified atom stereocenters. The molecule has 0 bridgehead atoms. The van der Waals surface area contributed by atoms with Gasteiger partial charge in [-0.05, 0) is 26.0 Å². The molecular formula is C19H20BrN5O3S. The fourth-order valence-electron chi connectivity index (χ4n) is 2.66. The van der Waals surface area contributed by atoms with Gasteiger partial charge in [-0.2, -0.15) is 0 Å². The van der Waals surface area contributed by atoms with Crippen LogP contribution in [0.3, 0.4) is 0 Å². The smallest absolute Gasteiger partial charge is 0.281 e. The summed E-state index contributed by atoms with van der Waals surface area (Å²) < 4.78 is 11.6. The number of hydrogen-bond acceptors (Lipinski definition) is 8. The van der Waals surface area contributed by atoms with Gasteiger partial charge in [0.25, 0.3) is 5.91 Å². The maximum atomic E-state index is 12.9. The van der Waals surface area contributed by atoms with Crippen LogP contribution in [-0.4, -0.2) is 46.2 Å². The number of ether oxygens (including phenoxy) is 2. The summed E-state index contributed by atoms with van der Waals surface area (Å²) in [5, 5.41) is 3.30. The van der Waals surface area contributed by atoms with Crippen molar-refractivity contribution in [2.75, 3.05) is 20.3 Å². The van der Waals surface area contributed by atoms with Crippen molar-refractivity contribution in [3.63, 3.8) is 0 Å². The zero-order valence-corrected chi connectivity index (χ0v) is 18.6. The first kappa shape index (κ1) is 21.3. The molecule has 29 heavy (non-hydrogen) atoms. The number of hydrogen-bond donors (Lipinski definition) is 1. The van der Waals surface area contributed by atoms with Gasteiger partial charge in [-0.15, -0.1) is 11.3 Å². The molecule has 0 aliphatic rings. The lowest BCUT2D eigenvalue weighted by Gasteiger charge is -2.29. The number of pyridine rings is 1. The zero-order chi connectivity index (χ0) is 20.9. The first-order chi connectivity index (χ1) is 13.9. The summed E-state index contributed by atoms with van der Waals surface area (Å²) in [6.07, 6.45) is 6.43. The molecule has 1 atom stereocenters. The predicted molar refractivity (Wildman–Crippen MR) is 113 cm³/mol. The number of rotatable bonds is 8. The number of nitrogens with one attached hydrogen (secondary N) is 1. The Hall–Kier alpha value is -2.43. The molecule has 0 spiro atoms. The van der Waals surface area contributed by atoms with Crippen LogP contribution >= 0.6 is 27.3 Å². The van der Waals surface area contributed by atoms with Crippen LogP contribution < -0.4 is 10.1 Å². The SMILES string of the molecule is CCOc1cncc(-c2cnc(C(=O)NC(C)(COC)c3cc(Br)ccn3)s2)n1. The molecule has 3 rings (SSSR count). The van der Waals surface area contributed by atoms with Gasteiger partial charge in [-0.25, -0.2) is 9.97 Å². The summed E-state index contributed by atoms with van der Waals surface area (Å²) in [7, 11) is 1.58. The second-order valence-corrected chi connectivity index (χ2v) is 8.23. The van der Waals surface area contributed by atoms with E-state index in [-0.39, 0.29) is 12.5 Å². The maximum absolute atomic E-state index is 12.9. The summed E-state index contributed by atoms with van der Waals surface area (Å²) in [6.45, 7) is 4.48. The van der Waals surface area contributed by atoms with Crippen LogP contribution in [0.4, 0.5) is 0 Å². The normalized spacial score (nSPS) is 13.0. The Labute approximate surface area is 180 Å². The molecule has 3 aromatic heterocycles. The van der Waals surface area contributed by atoms with Crippen molar-refractivity contribution in [3.8, 4) is 16.5 Å². The second kappa shape index (κ2) is 9.38. The molecule has 0 aliphatic carbocycles. The third kappa shape index (κ3) is 5.14. The van der Waals surface area contributed by atoms with Crippen LogP contribution in [0.5, 0.6) is 5.88 Å². The minimum absolute atomic E-state index is 0.252. The van der Waals surface area contributed by atoms with Crippen molar-refractivity contribution in [2.24, 2.45) is 0 Å². The monoisotopic (exact) mass is 477 g/mol. The minimum atomic E-state index is -0.823.